The minimum Gasteiger partial charge on any atom is -0.466 e. The number of carbonyl (C=O) groups excluding carboxylic acids is 1. The summed E-state index contributed by atoms with van der Waals surface area (Å²) in [4.78, 5) is 10.9. The Morgan fingerprint density at radius 2 is 0.846 bits per heavy atom. The van der Waals surface area contributed by atoms with Gasteiger partial charge in [-0.1, -0.05) is 76.8 Å². The van der Waals surface area contributed by atoms with Crippen LogP contribution in [-0.4, -0.2) is 12.6 Å². The zero-order valence-corrected chi connectivity index (χ0v) is 27.3. The molecule has 0 aliphatic heterocycles. The highest BCUT2D eigenvalue weighted by molar-refractivity contribution is 5.65. The van der Waals surface area contributed by atoms with Crippen LogP contribution in [0.2, 0.25) is 0 Å². The topological polar surface area (TPSA) is 26.3 Å². The Kier molecular flexibility index (Phi) is 22.5. The Labute approximate surface area is 243 Å². The van der Waals surface area contributed by atoms with Gasteiger partial charge in [-0.3, -0.25) is 4.79 Å². The van der Waals surface area contributed by atoms with E-state index in [1.807, 2.05) is 0 Å². The highest BCUT2D eigenvalue weighted by Gasteiger charge is 2.03. The lowest BCUT2D eigenvalue weighted by molar-refractivity contribution is -0.141. The van der Waals surface area contributed by atoms with Gasteiger partial charge in [0.05, 0.1) is 6.61 Å². The van der Waals surface area contributed by atoms with Crippen LogP contribution in [0.5, 0.6) is 0 Å². The summed E-state index contributed by atoms with van der Waals surface area (Å²) in [7, 11) is 0. The Bertz CT molecular complexity index is 856. The molecule has 0 aliphatic rings. The second kappa shape index (κ2) is 23.8. The van der Waals surface area contributed by atoms with Gasteiger partial charge in [-0.05, 0) is 138 Å². The second-order valence-electron chi connectivity index (χ2n) is 12.0. The van der Waals surface area contributed by atoms with E-state index in [0.717, 1.165) is 57.8 Å². The van der Waals surface area contributed by atoms with Gasteiger partial charge in [-0.2, -0.15) is 0 Å². The van der Waals surface area contributed by atoms with Gasteiger partial charge in [0.15, 0.2) is 0 Å². The number of esters is 1. The maximum Gasteiger partial charge on any atom is 0.302 e. The van der Waals surface area contributed by atoms with Gasteiger partial charge in [0.25, 0.3) is 0 Å². The third-order valence-electron chi connectivity index (χ3n) is 7.29. The SMILES string of the molecule is CC(=O)OCCC(C)CC/C=C(\C)CC/C=C(\C)CC/C=C(\C)CC/C=C(\C)CC/C=C(\C)CCC=C(C)C. The first-order chi connectivity index (χ1) is 18.5. The maximum atomic E-state index is 10.9. The lowest BCUT2D eigenvalue weighted by Crippen LogP contribution is -2.05. The van der Waals surface area contributed by atoms with Crippen LogP contribution < -0.4 is 0 Å². The van der Waals surface area contributed by atoms with E-state index in [9.17, 15) is 4.79 Å². The van der Waals surface area contributed by atoms with E-state index in [1.165, 1.54) is 66.0 Å². The van der Waals surface area contributed by atoms with E-state index in [2.05, 4.69) is 91.8 Å². The molecular formula is C37H62O2. The Morgan fingerprint density at radius 3 is 1.18 bits per heavy atom. The molecule has 0 bridgehead atoms. The standard InChI is InChI=1S/C37H62O2/c1-30(2)16-10-17-31(3)18-11-19-32(4)20-12-21-33(5)22-13-23-34(6)24-14-25-35(7)26-15-27-36(8)28-29-39-37(9)38/h16,18,20,22,24,26,36H,10-15,17,19,21,23,25,27-29H2,1-9H3/b31-18+,32-20+,33-22+,34-24+,35-26+. The lowest BCUT2D eigenvalue weighted by atomic mass is 10.00. The molecule has 0 saturated carbocycles. The van der Waals surface area contributed by atoms with Crippen molar-refractivity contribution in [3.05, 3.63) is 69.9 Å². The van der Waals surface area contributed by atoms with E-state index >= 15 is 0 Å². The minimum atomic E-state index is -0.179. The molecule has 0 rings (SSSR count). The first-order valence-electron chi connectivity index (χ1n) is 15.5. The van der Waals surface area contributed by atoms with E-state index in [0.29, 0.717) is 12.5 Å². The Hall–Kier alpha value is -2.09. The number of hydrogen-bond donors (Lipinski definition) is 0. The van der Waals surface area contributed by atoms with Gasteiger partial charge in [0, 0.05) is 6.92 Å². The van der Waals surface area contributed by atoms with Crippen molar-refractivity contribution >= 4 is 5.97 Å². The van der Waals surface area contributed by atoms with Crippen molar-refractivity contribution < 1.29 is 9.53 Å². The molecule has 2 heteroatoms. The fraction of sp³-hybridized carbons (Fsp3) is 0.649. The van der Waals surface area contributed by atoms with Gasteiger partial charge in [0.1, 0.15) is 0 Å². The van der Waals surface area contributed by atoms with Crippen LogP contribution in [0.15, 0.2) is 69.9 Å². The summed E-state index contributed by atoms with van der Waals surface area (Å²) >= 11 is 0. The molecule has 0 radical (unpaired) electrons. The molecule has 0 N–H and O–H groups in total. The molecule has 0 aliphatic carbocycles. The molecule has 0 heterocycles. The summed E-state index contributed by atoms with van der Waals surface area (Å²) in [5.41, 5.74) is 8.96. The van der Waals surface area contributed by atoms with Crippen molar-refractivity contribution in [1.29, 1.82) is 0 Å². The zero-order valence-electron chi connectivity index (χ0n) is 27.3. The van der Waals surface area contributed by atoms with Crippen molar-refractivity contribution in [2.24, 2.45) is 5.92 Å². The normalized spacial score (nSPS) is 14.4. The number of ether oxygens (including phenoxy) is 1. The summed E-state index contributed by atoms with van der Waals surface area (Å²) in [6, 6.07) is 0. The molecule has 0 aromatic carbocycles. The van der Waals surface area contributed by atoms with Crippen molar-refractivity contribution in [2.45, 2.75) is 146 Å². The maximum absolute atomic E-state index is 10.9. The fourth-order valence-corrected chi connectivity index (χ4v) is 4.45. The Balaban J connectivity index is 4.11. The summed E-state index contributed by atoms with van der Waals surface area (Å²) in [5, 5.41) is 0. The second-order valence-corrected chi connectivity index (χ2v) is 12.0. The highest BCUT2D eigenvalue weighted by atomic mass is 16.5. The molecule has 0 amide bonds. The predicted octanol–water partition coefficient (Wildman–Crippen LogP) is 12.0. The number of allylic oxidation sites excluding steroid dienone is 12. The molecule has 0 fully saturated rings. The van der Waals surface area contributed by atoms with Gasteiger partial charge < -0.3 is 4.74 Å². The molecule has 0 saturated heterocycles. The molecule has 0 aromatic heterocycles. The van der Waals surface area contributed by atoms with Crippen LogP contribution in [0.1, 0.15) is 146 Å². The van der Waals surface area contributed by atoms with Crippen LogP contribution in [0.4, 0.5) is 0 Å². The summed E-state index contributed by atoms with van der Waals surface area (Å²) < 4.78 is 5.04. The average molecular weight is 539 g/mol. The van der Waals surface area contributed by atoms with E-state index in [-0.39, 0.29) is 5.97 Å². The van der Waals surface area contributed by atoms with Crippen LogP contribution in [0, 0.1) is 5.92 Å². The largest absolute Gasteiger partial charge is 0.466 e. The fourth-order valence-electron chi connectivity index (χ4n) is 4.45. The number of hydrogen-bond acceptors (Lipinski definition) is 2. The minimum absolute atomic E-state index is 0.179. The monoisotopic (exact) mass is 538 g/mol. The lowest BCUT2D eigenvalue weighted by Gasteiger charge is -2.10. The van der Waals surface area contributed by atoms with E-state index in [4.69, 9.17) is 4.74 Å². The average Bonchev–Trinajstić information content (AvgIpc) is 2.83. The quantitative estimate of drug-likeness (QED) is 0.107. The van der Waals surface area contributed by atoms with Crippen molar-refractivity contribution in [3.8, 4) is 0 Å². The number of rotatable bonds is 21. The smallest absolute Gasteiger partial charge is 0.302 e. The number of carbonyl (C=O) groups is 1. The molecule has 1 atom stereocenters. The third kappa shape index (κ3) is 25.9. The molecule has 1 unspecified atom stereocenters. The zero-order chi connectivity index (χ0) is 29.5. The molecular weight excluding hydrogens is 476 g/mol. The first-order valence-corrected chi connectivity index (χ1v) is 15.5. The Morgan fingerprint density at radius 1 is 0.513 bits per heavy atom. The summed E-state index contributed by atoms with van der Waals surface area (Å²) in [6.07, 6.45) is 29.3. The van der Waals surface area contributed by atoms with Crippen LogP contribution in [-0.2, 0) is 9.53 Å². The van der Waals surface area contributed by atoms with Crippen LogP contribution in [0.25, 0.3) is 0 Å². The molecule has 2 nitrogen and oxygen atoms in total. The van der Waals surface area contributed by atoms with Gasteiger partial charge in [0.2, 0.25) is 0 Å². The summed E-state index contributed by atoms with van der Waals surface area (Å²) in [5.74, 6) is 0.410. The molecule has 0 spiro atoms. The van der Waals surface area contributed by atoms with Crippen molar-refractivity contribution in [1.82, 2.24) is 0 Å². The van der Waals surface area contributed by atoms with Crippen LogP contribution >= 0.6 is 0 Å². The van der Waals surface area contributed by atoms with Crippen molar-refractivity contribution in [2.75, 3.05) is 6.61 Å². The van der Waals surface area contributed by atoms with E-state index < -0.39 is 0 Å². The summed E-state index contributed by atoms with van der Waals surface area (Å²) in [6.45, 7) is 20.0. The highest BCUT2D eigenvalue weighted by Crippen LogP contribution is 2.17. The van der Waals surface area contributed by atoms with Gasteiger partial charge in [-0.25, -0.2) is 0 Å². The molecule has 0 aromatic rings. The van der Waals surface area contributed by atoms with E-state index in [1.54, 1.807) is 0 Å². The molecule has 39 heavy (non-hydrogen) atoms. The predicted molar refractivity (Wildman–Crippen MR) is 174 cm³/mol. The van der Waals surface area contributed by atoms with Gasteiger partial charge in [-0.15, -0.1) is 0 Å². The van der Waals surface area contributed by atoms with Gasteiger partial charge >= 0.3 is 5.97 Å². The van der Waals surface area contributed by atoms with Crippen LogP contribution in [0.3, 0.4) is 0 Å². The molecule has 222 valence electrons. The first kappa shape index (κ1) is 36.9. The van der Waals surface area contributed by atoms with Crippen molar-refractivity contribution in [3.63, 3.8) is 0 Å². The third-order valence-corrected chi connectivity index (χ3v) is 7.29.